The number of carbonyl (C=O) groups excluding carboxylic acids is 1. The van der Waals surface area contributed by atoms with Gasteiger partial charge in [0.25, 0.3) is 11.6 Å². The van der Waals surface area contributed by atoms with Crippen LogP contribution in [0.4, 0.5) is 17.1 Å². The summed E-state index contributed by atoms with van der Waals surface area (Å²) in [5.41, 5.74) is 7.07. The van der Waals surface area contributed by atoms with Gasteiger partial charge in [-0.1, -0.05) is 72.0 Å². The molecular formula is C42H53N7O4S2. The number of anilines is 2. The molecule has 292 valence electrons. The summed E-state index contributed by atoms with van der Waals surface area (Å²) in [6.45, 7) is 11.7. The Kier molecular flexibility index (Phi) is 15.9. The third-order valence-electron chi connectivity index (χ3n) is 9.58. The lowest BCUT2D eigenvalue weighted by molar-refractivity contribution is -0.384. The van der Waals surface area contributed by atoms with E-state index in [1.807, 2.05) is 45.3 Å². The van der Waals surface area contributed by atoms with Crippen molar-refractivity contribution in [2.24, 2.45) is 0 Å². The number of nitro groups is 1. The van der Waals surface area contributed by atoms with E-state index in [0.717, 1.165) is 75.7 Å². The predicted octanol–water partition coefficient (Wildman–Crippen LogP) is 8.55. The van der Waals surface area contributed by atoms with Crippen LogP contribution in [0.1, 0.15) is 48.2 Å². The number of nitro benzene ring substituents is 1. The molecule has 0 aliphatic carbocycles. The van der Waals surface area contributed by atoms with Crippen LogP contribution in [0.3, 0.4) is 0 Å². The molecule has 5 rings (SSSR count). The first-order chi connectivity index (χ1) is 26.6. The Bertz CT molecular complexity index is 1880. The van der Waals surface area contributed by atoms with Crippen molar-refractivity contribution in [3.63, 3.8) is 0 Å². The van der Waals surface area contributed by atoms with Crippen molar-refractivity contribution < 1.29 is 14.6 Å². The van der Waals surface area contributed by atoms with E-state index >= 15 is 0 Å². The standard InChI is InChI=1S/C42H53N7O4S2/c1-6-38(7-2)54-30-35(22-23-46(4)5)43-40-21-20-37(28-41(40)49(51)52)53-45-55-44-42(50)33-16-18-36(19-17-33)48-26-24-47(25-27-48)29-34-10-8-9-11-39(34)32-14-12-31(3)13-15-32/h6,8-21,28,35,43,45H,7,22-27,29-30H2,1-5H3,(H,44,50)/b38-6+. The van der Waals surface area contributed by atoms with Crippen LogP contribution in [0.5, 0.6) is 5.75 Å². The summed E-state index contributed by atoms with van der Waals surface area (Å²) in [5, 5.41) is 15.4. The van der Waals surface area contributed by atoms with Crippen LogP contribution < -0.4 is 24.7 Å². The molecule has 0 saturated carbocycles. The van der Waals surface area contributed by atoms with Gasteiger partial charge < -0.3 is 20.0 Å². The highest BCUT2D eigenvalue weighted by molar-refractivity contribution is 8.03. The first kappa shape index (κ1) is 41.6. The lowest BCUT2D eigenvalue weighted by Crippen LogP contribution is -2.46. The first-order valence-electron chi connectivity index (χ1n) is 18.7. The zero-order valence-corrected chi connectivity index (χ0v) is 34.1. The average molecular weight is 784 g/mol. The van der Waals surface area contributed by atoms with Crippen molar-refractivity contribution in [2.45, 2.75) is 46.2 Å². The SMILES string of the molecule is C/C=C(\CC)SCC(CCN(C)C)Nc1ccc(ONSNC(=O)c2ccc(N3CCN(Cc4ccccc4-c4ccc(C)cc4)CC3)cc2)cc1[N+](=O)[O-]. The Morgan fingerprint density at radius 3 is 2.40 bits per heavy atom. The van der Waals surface area contributed by atoms with Crippen LogP contribution in [-0.4, -0.2) is 79.2 Å². The van der Waals surface area contributed by atoms with E-state index in [0.29, 0.717) is 11.3 Å². The number of amides is 1. The maximum atomic E-state index is 12.9. The van der Waals surface area contributed by atoms with E-state index in [4.69, 9.17) is 4.84 Å². The van der Waals surface area contributed by atoms with Gasteiger partial charge in [0, 0.05) is 55.8 Å². The van der Waals surface area contributed by atoms with Gasteiger partial charge >= 0.3 is 0 Å². The fraction of sp³-hybridized carbons (Fsp3) is 0.357. The van der Waals surface area contributed by atoms with Gasteiger partial charge in [0.2, 0.25) is 0 Å². The Labute approximate surface area is 334 Å². The zero-order chi connectivity index (χ0) is 39.2. The van der Waals surface area contributed by atoms with E-state index in [1.54, 1.807) is 23.9 Å². The highest BCUT2D eigenvalue weighted by atomic mass is 32.2. The quantitative estimate of drug-likeness (QED) is 0.0368. The minimum absolute atomic E-state index is 0.0335. The molecule has 11 nitrogen and oxygen atoms in total. The summed E-state index contributed by atoms with van der Waals surface area (Å²) < 4.78 is 2.71. The Morgan fingerprint density at radius 1 is 1.00 bits per heavy atom. The third-order valence-corrected chi connectivity index (χ3v) is 11.5. The number of thioether (sulfide) groups is 1. The van der Waals surface area contributed by atoms with Gasteiger partial charge in [-0.05, 0) is 105 Å². The van der Waals surface area contributed by atoms with Gasteiger partial charge in [0.1, 0.15) is 5.69 Å². The van der Waals surface area contributed by atoms with Crippen LogP contribution in [0.15, 0.2) is 102 Å². The summed E-state index contributed by atoms with van der Waals surface area (Å²) in [4.78, 5) is 40.9. The Morgan fingerprint density at radius 2 is 1.73 bits per heavy atom. The summed E-state index contributed by atoms with van der Waals surface area (Å²) in [7, 11) is 4.03. The molecule has 1 atom stereocenters. The van der Waals surface area contributed by atoms with Gasteiger partial charge in [-0.2, -0.15) is 0 Å². The second-order valence-corrected chi connectivity index (χ2v) is 15.6. The molecule has 0 radical (unpaired) electrons. The molecule has 0 aromatic heterocycles. The molecule has 3 N–H and O–H groups in total. The number of hydrogen-bond acceptors (Lipinski definition) is 11. The third kappa shape index (κ3) is 12.5. The largest absolute Gasteiger partial charge is 0.396 e. The van der Waals surface area contributed by atoms with Crippen LogP contribution >= 0.6 is 23.9 Å². The molecule has 0 spiro atoms. The van der Waals surface area contributed by atoms with E-state index in [2.05, 4.69) is 98.1 Å². The minimum Gasteiger partial charge on any atom is -0.396 e. The molecule has 4 aromatic carbocycles. The molecule has 1 heterocycles. The van der Waals surface area contributed by atoms with Gasteiger partial charge in [-0.25, -0.2) is 0 Å². The van der Waals surface area contributed by atoms with Gasteiger partial charge in [-0.15, -0.1) is 11.8 Å². The number of carbonyl (C=O) groups is 1. The van der Waals surface area contributed by atoms with Crippen LogP contribution in [-0.2, 0) is 6.54 Å². The van der Waals surface area contributed by atoms with E-state index in [1.165, 1.54) is 33.2 Å². The Balaban J connectivity index is 1.07. The Hall–Kier alpha value is -4.53. The number of benzene rings is 4. The summed E-state index contributed by atoms with van der Waals surface area (Å²) in [5.74, 6) is 0.751. The van der Waals surface area contributed by atoms with Crippen molar-refractivity contribution in [3.05, 3.63) is 129 Å². The molecule has 1 aliphatic heterocycles. The molecule has 13 heteroatoms. The smallest absolute Gasteiger partial charge is 0.296 e. The van der Waals surface area contributed by atoms with Crippen molar-refractivity contribution in [1.29, 1.82) is 0 Å². The molecule has 0 bridgehead atoms. The van der Waals surface area contributed by atoms with E-state index < -0.39 is 4.92 Å². The summed E-state index contributed by atoms with van der Waals surface area (Å²) in [6, 6.07) is 29.7. The first-order valence-corrected chi connectivity index (χ1v) is 20.5. The number of aryl methyl sites for hydroxylation is 1. The molecule has 1 aliphatic rings. The van der Waals surface area contributed by atoms with Crippen molar-refractivity contribution in [3.8, 4) is 16.9 Å². The second-order valence-electron chi connectivity index (χ2n) is 13.8. The van der Waals surface area contributed by atoms with Crippen molar-refractivity contribution in [2.75, 3.05) is 62.8 Å². The topological polar surface area (TPSA) is 115 Å². The highest BCUT2D eigenvalue weighted by Crippen LogP contribution is 2.31. The summed E-state index contributed by atoms with van der Waals surface area (Å²) >= 11 is 2.62. The maximum Gasteiger partial charge on any atom is 0.296 e. The molecular weight excluding hydrogens is 731 g/mol. The van der Waals surface area contributed by atoms with Gasteiger partial charge in [0.05, 0.1) is 23.1 Å². The van der Waals surface area contributed by atoms with Crippen LogP contribution in [0.2, 0.25) is 0 Å². The van der Waals surface area contributed by atoms with E-state index in [9.17, 15) is 14.9 Å². The fourth-order valence-corrected chi connectivity index (χ4v) is 7.80. The predicted molar refractivity (Wildman–Crippen MR) is 230 cm³/mol. The van der Waals surface area contributed by atoms with Crippen molar-refractivity contribution in [1.82, 2.24) is 19.4 Å². The number of piperazine rings is 1. The molecule has 4 aromatic rings. The second kappa shape index (κ2) is 21.0. The number of allylic oxidation sites excluding steroid dienone is 2. The lowest BCUT2D eigenvalue weighted by Gasteiger charge is -2.36. The fourth-order valence-electron chi connectivity index (χ4n) is 6.37. The molecule has 1 fully saturated rings. The minimum atomic E-state index is -0.417. The molecule has 55 heavy (non-hydrogen) atoms. The van der Waals surface area contributed by atoms with Crippen LogP contribution in [0, 0.1) is 17.0 Å². The number of nitrogens with zero attached hydrogens (tertiary/aromatic N) is 4. The number of hydrogen-bond donors (Lipinski definition) is 3. The normalized spacial score (nSPS) is 14.1. The highest BCUT2D eigenvalue weighted by Gasteiger charge is 2.21. The van der Waals surface area contributed by atoms with Gasteiger partial charge in [0.15, 0.2) is 5.75 Å². The van der Waals surface area contributed by atoms with Gasteiger partial charge in [-0.3, -0.25) is 24.5 Å². The molecule has 1 saturated heterocycles. The summed E-state index contributed by atoms with van der Waals surface area (Å²) in [6.07, 6.45) is 3.90. The zero-order valence-electron chi connectivity index (χ0n) is 32.4. The number of rotatable bonds is 19. The monoisotopic (exact) mass is 783 g/mol. The molecule has 1 amide bonds. The average Bonchev–Trinajstić information content (AvgIpc) is 3.20. The van der Waals surface area contributed by atoms with Crippen molar-refractivity contribution >= 4 is 46.9 Å². The maximum absolute atomic E-state index is 12.9. The lowest BCUT2D eigenvalue weighted by atomic mass is 9.98. The van der Waals surface area contributed by atoms with E-state index in [-0.39, 0.29) is 23.4 Å². The van der Waals surface area contributed by atoms with Crippen LogP contribution in [0.25, 0.3) is 11.1 Å². The number of nitrogens with one attached hydrogen (secondary N) is 3. The molecule has 1 unspecified atom stereocenters.